The number of nitrogens with one attached hydrogen (secondary N) is 1. The van der Waals surface area contributed by atoms with Crippen LogP contribution in [0.4, 0.5) is 19.0 Å². The van der Waals surface area contributed by atoms with E-state index in [-0.39, 0.29) is 11.4 Å². The quantitative estimate of drug-likeness (QED) is 0.727. The molecule has 0 amide bonds. The Morgan fingerprint density at radius 3 is 2.57 bits per heavy atom. The Morgan fingerprint density at radius 2 is 2.07 bits per heavy atom. The summed E-state index contributed by atoms with van der Waals surface area (Å²) in [5.74, 6) is -0.765. The van der Waals surface area contributed by atoms with E-state index in [1.807, 2.05) is 0 Å². The van der Waals surface area contributed by atoms with E-state index in [4.69, 9.17) is 5.73 Å². The fourth-order valence-corrected chi connectivity index (χ4v) is 0.853. The molecule has 1 rings (SSSR count). The van der Waals surface area contributed by atoms with Crippen molar-refractivity contribution in [3.63, 3.8) is 0 Å². The smallest absolute Gasteiger partial charge is 0.405 e. The molecule has 1 aromatic heterocycles. The zero-order valence-electron chi connectivity index (χ0n) is 7.11. The first-order valence-electron chi connectivity index (χ1n) is 3.55. The van der Waals surface area contributed by atoms with Crippen LogP contribution in [0.1, 0.15) is 5.56 Å². The molecule has 1 heterocycles. The Morgan fingerprint density at radius 1 is 1.50 bits per heavy atom. The van der Waals surface area contributed by atoms with Crippen molar-refractivity contribution in [2.45, 2.75) is 13.3 Å². The number of nitrogens with two attached hydrogens (primary N) is 1. The van der Waals surface area contributed by atoms with E-state index in [0.29, 0.717) is 0 Å². The van der Waals surface area contributed by atoms with Gasteiger partial charge in [0.15, 0.2) is 0 Å². The number of nitrogen functional groups attached to an aromatic ring is 1. The molecule has 14 heavy (non-hydrogen) atoms. The van der Waals surface area contributed by atoms with Crippen LogP contribution in [0.25, 0.3) is 0 Å². The first-order chi connectivity index (χ1) is 6.29. The summed E-state index contributed by atoms with van der Waals surface area (Å²) in [6.07, 6.45) is -4.83. The maximum absolute atomic E-state index is 11.8. The molecule has 7 heteroatoms. The molecular weight excluding hydrogens is 201 g/mol. The number of ether oxygens (including phenoxy) is 1. The summed E-state index contributed by atoms with van der Waals surface area (Å²) in [7, 11) is 0. The van der Waals surface area contributed by atoms with Gasteiger partial charge in [-0.3, -0.25) is 4.79 Å². The lowest BCUT2D eigenvalue weighted by Gasteiger charge is -2.10. The number of aromatic amines is 1. The van der Waals surface area contributed by atoms with Gasteiger partial charge in [-0.15, -0.1) is 13.2 Å². The molecular formula is C7H7F3N2O2. The standard InChI is InChI=1S/C7H7F3N2O2/c1-3-4(14-7(8,9)10)2-5(11)12-6(3)13/h2H,1H3,(H3,11,12,13). The van der Waals surface area contributed by atoms with E-state index in [1.54, 1.807) is 0 Å². The number of H-pyrrole nitrogens is 1. The number of pyridine rings is 1. The van der Waals surface area contributed by atoms with Gasteiger partial charge < -0.3 is 15.5 Å². The molecule has 0 radical (unpaired) electrons. The molecule has 0 fully saturated rings. The van der Waals surface area contributed by atoms with E-state index in [2.05, 4.69) is 9.72 Å². The Balaban J connectivity index is 3.15. The number of anilines is 1. The monoisotopic (exact) mass is 208 g/mol. The van der Waals surface area contributed by atoms with Crippen LogP contribution in [0.3, 0.4) is 0 Å². The van der Waals surface area contributed by atoms with Crippen molar-refractivity contribution in [1.82, 2.24) is 4.98 Å². The van der Waals surface area contributed by atoms with E-state index in [1.165, 1.54) is 6.92 Å². The van der Waals surface area contributed by atoms with Gasteiger partial charge in [0, 0.05) is 6.07 Å². The first-order valence-corrected chi connectivity index (χ1v) is 3.55. The topological polar surface area (TPSA) is 68.1 Å². The third-order valence-corrected chi connectivity index (χ3v) is 1.48. The van der Waals surface area contributed by atoms with Gasteiger partial charge in [0.25, 0.3) is 5.56 Å². The van der Waals surface area contributed by atoms with Gasteiger partial charge in [-0.1, -0.05) is 0 Å². The van der Waals surface area contributed by atoms with Crippen molar-refractivity contribution in [3.8, 4) is 5.75 Å². The van der Waals surface area contributed by atoms with Gasteiger partial charge in [-0.2, -0.15) is 0 Å². The molecule has 0 unspecified atom stereocenters. The number of hydrogen-bond acceptors (Lipinski definition) is 3. The first kappa shape index (κ1) is 10.4. The van der Waals surface area contributed by atoms with E-state index in [0.717, 1.165) is 6.07 Å². The lowest BCUT2D eigenvalue weighted by atomic mass is 10.3. The molecule has 0 spiro atoms. The van der Waals surface area contributed by atoms with E-state index in [9.17, 15) is 18.0 Å². The summed E-state index contributed by atoms with van der Waals surface area (Å²) in [4.78, 5) is 13.1. The van der Waals surface area contributed by atoms with Crippen molar-refractivity contribution < 1.29 is 17.9 Å². The second-order valence-electron chi connectivity index (χ2n) is 2.59. The molecule has 0 saturated carbocycles. The number of rotatable bonds is 1. The van der Waals surface area contributed by atoms with Crippen molar-refractivity contribution in [2.24, 2.45) is 0 Å². The average Bonchev–Trinajstić information content (AvgIpc) is 1.96. The fourth-order valence-electron chi connectivity index (χ4n) is 0.853. The lowest BCUT2D eigenvalue weighted by Crippen LogP contribution is -2.21. The molecule has 0 aliphatic heterocycles. The Bertz CT molecular complexity index is 397. The van der Waals surface area contributed by atoms with Crippen LogP contribution in [-0.4, -0.2) is 11.3 Å². The second-order valence-corrected chi connectivity index (χ2v) is 2.59. The van der Waals surface area contributed by atoms with E-state index >= 15 is 0 Å². The van der Waals surface area contributed by atoms with Crippen LogP contribution >= 0.6 is 0 Å². The maximum atomic E-state index is 11.8. The van der Waals surface area contributed by atoms with Gasteiger partial charge in [0.2, 0.25) is 0 Å². The second kappa shape index (κ2) is 3.24. The molecule has 0 bridgehead atoms. The largest absolute Gasteiger partial charge is 0.573 e. The van der Waals surface area contributed by atoms with Crippen LogP contribution in [0.2, 0.25) is 0 Å². The highest BCUT2D eigenvalue weighted by Crippen LogP contribution is 2.24. The number of aromatic nitrogens is 1. The summed E-state index contributed by atoms with van der Waals surface area (Å²) in [6.45, 7) is 1.21. The third kappa shape index (κ3) is 2.41. The molecule has 78 valence electrons. The van der Waals surface area contributed by atoms with Gasteiger partial charge in [0.1, 0.15) is 11.6 Å². The third-order valence-electron chi connectivity index (χ3n) is 1.48. The zero-order valence-corrected chi connectivity index (χ0v) is 7.11. The summed E-state index contributed by atoms with van der Waals surface area (Å²) >= 11 is 0. The van der Waals surface area contributed by atoms with Crippen LogP contribution in [0.15, 0.2) is 10.9 Å². The number of halogens is 3. The average molecular weight is 208 g/mol. The summed E-state index contributed by atoms with van der Waals surface area (Å²) < 4.78 is 39.0. The fraction of sp³-hybridized carbons (Fsp3) is 0.286. The van der Waals surface area contributed by atoms with Crippen LogP contribution < -0.4 is 16.0 Å². The minimum absolute atomic E-state index is 0.170. The molecule has 0 aliphatic carbocycles. The summed E-state index contributed by atoms with van der Waals surface area (Å²) in [5.41, 5.74) is 4.27. The molecule has 0 saturated heterocycles. The van der Waals surface area contributed by atoms with Crippen LogP contribution in [0, 0.1) is 6.92 Å². The van der Waals surface area contributed by atoms with E-state index < -0.39 is 17.7 Å². The lowest BCUT2D eigenvalue weighted by molar-refractivity contribution is -0.274. The normalized spacial score (nSPS) is 11.4. The number of hydrogen-bond donors (Lipinski definition) is 2. The van der Waals surface area contributed by atoms with Crippen molar-refractivity contribution in [1.29, 1.82) is 0 Å². The molecule has 4 nitrogen and oxygen atoms in total. The highest BCUT2D eigenvalue weighted by molar-refractivity contribution is 5.41. The van der Waals surface area contributed by atoms with Crippen molar-refractivity contribution in [2.75, 3.05) is 5.73 Å². The predicted molar refractivity (Wildman–Crippen MR) is 42.9 cm³/mol. The Hall–Kier alpha value is -1.66. The summed E-state index contributed by atoms with van der Waals surface area (Å²) in [6, 6.07) is 0.907. The highest BCUT2D eigenvalue weighted by atomic mass is 19.4. The zero-order chi connectivity index (χ0) is 10.9. The minimum Gasteiger partial charge on any atom is -0.405 e. The summed E-state index contributed by atoms with van der Waals surface area (Å²) in [5, 5.41) is 0. The van der Waals surface area contributed by atoms with Gasteiger partial charge in [-0.05, 0) is 6.92 Å². The van der Waals surface area contributed by atoms with Gasteiger partial charge in [-0.25, -0.2) is 0 Å². The molecule has 0 aromatic carbocycles. The predicted octanol–water partition coefficient (Wildman–Crippen LogP) is 1.16. The van der Waals surface area contributed by atoms with Crippen LogP contribution in [-0.2, 0) is 0 Å². The molecule has 0 atom stereocenters. The van der Waals surface area contributed by atoms with Gasteiger partial charge in [0.05, 0.1) is 5.56 Å². The Labute approximate surface area is 76.5 Å². The minimum atomic E-state index is -4.83. The maximum Gasteiger partial charge on any atom is 0.573 e. The van der Waals surface area contributed by atoms with Gasteiger partial charge >= 0.3 is 6.36 Å². The van der Waals surface area contributed by atoms with Crippen molar-refractivity contribution in [3.05, 3.63) is 22.0 Å². The molecule has 3 N–H and O–H groups in total. The van der Waals surface area contributed by atoms with Crippen LogP contribution in [0.5, 0.6) is 5.75 Å². The Kier molecular flexibility index (Phi) is 2.41. The SMILES string of the molecule is Cc1c(OC(F)(F)F)cc(N)[nH]c1=O. The molecule has 1 aromatic rings. The highest BCUT2D eigenvalue weighted by Gasteiger charge is 2.32. The number of alkyl halides is 3. The molecule has 0 aliphatic rings. The van der Waals surface area contributed by atoms with Crippen molar-refractivity contribution >= 4 is 5.82 Å².